The Morgan fingerprint density at radius 2 is 1.76 bits per heavy atom. The number of carbonyl (C=O) groups is 1. The Morgan fingerprint density at radius 1 is 1.12 bits per heavy atom. The second-order valence-electron chi connectivity index (χ2n) is 6.34. The largest absolute Gasteiger partial charge is 0.352 e. The van der Waals surface area contributed by atoms with Gasteiger partial charge in [0, 0.05) is 44.0 Å². The van der Waals surface area contributed by atoms with Crippen molar-refractivity contribution in [2.24, 2.45) is 0 Å². The summed E-state index contributed by atoms with van der Waals surface area (Å²) in [5.74, 6) is -0.119. The van der Waals surface area contributed by atoms with Crippen molar-refractivity contribution in [2.75, 3.05) is 56.8 Å². The third kappa shape index (κ3) is 6.64. The minimum Gasteiger partial charge on any atom is -0.352 e. The van der Waals surface area contributed by atoms with Gasteiger partial charge in [-0.2, -0.15) is 0 Å². The maximum absolute atomic E-state index is 12.1. The minimum atomic E-state index is -3.30. The van der Waals surface area contributed by atoms with Gasteiger partial charge in [-0.15, -0.1) is 0 Å². The van der Waals surface area contributed by atoms with Gasteiger partial charge in [-0.05, 0) is 51.2 Å². The van der Waals surface area contributed by atoms with Crippen molar-refractivity contribution in [2.45, 2.75) is 13.3 Å². The van der Waals surface area contributed by atoms with Crippen LogP contribution in [0.25, 0.3) is 0 Å². The molecule has 1 aromatic carbocycles. The lowest BCUT2D eigenvalue weighted by Crippen LogP contribution is -2.45. The lowest BCUT2D eigenvalue weighted by molar-refractivity contribution is 0.0949. The first-order valence-electron chi connectivity index (χ1n) is 8.69. The first-order valence-corrected chi connectivity index (χ1v) is 10.3. The first-order chi connectivity index (χ1) is 11.9. The third-order valence-electron chi connectivity index (χ3n) is 4.33. The molecule has 1 saturated heterocycles. The van der Waals surface area contributed by atoms with Crippen LogP contribution in [-0.4, -0.2) is 76.2 Å². The normalized spacial score (nSPS) is 16.6. The zero-order chi connectivity index (χ0) is 18.3. The number of piperazine rings is 1. The number of hydrogen-bond donors (Lipinski definition) is 2. The van der Waals surface area contributed by atoms with Crippen molar-refractivity contribution in [3.05, 3.63) is 29.8 Å². The molecule has 2 rings (SSSR count). The van der Waals surface area contributed by atoms with Gasteiger partial charge in [0.2, 0.25) is 10.0 Å². The first kappa shape index (κ1) is 19.7. The molecule has 140 valence electrons. The maximum Gasteiger partial charge on any atom is 0.251 e. The number of sulfonamides is 1. The van der Waals surface area contributed by atoms with Crippen LogP contribution in [0.15, 0.2) is 24.3 Å². The summed E-state index contributed by atoms with van der Waals surface area (Å²) in [6.45, 7) is 7.56. The summed E-state index contributed by atoms with van der Waals surface area (Å²) in [5.41, 5.74) is 0.993. The van der Waals surface area contributed by atoms with Crippen LogP contribution in [0.2, 0.25) is 0 Å². The third-order valence-corrected chi connectivity index (χ3v) is 5.64. The number of nitrogens with one attached hydrogen (secondary N) is 2. The van der Waals surface area contributed by atoms with Gasteiger partial charge in [-0.1, -0.05) is 0 Å². The number of likely N-dealkylation sites (N-methyl/N-ethyl adjacent to an activating group) is 1. The molecule has 0 radical (unpaired) electrons. The molecule has 1 aliphatic rings. The maximum atomic E-state index is 12.1. The Kier molecular flexibility index (Phi) is 7.22. The fourth-order valence-electron chi connectivity index (χ4n) is 2.62. The van der Waals surface area contributed by atoms with Gasteiger partial charge >= 0.3 is 0 Å². The van der Waals surface area contributed by atoms with E-state index in [9.17, 15) is 13.2 Å². The summed E-state index contributed by atoms with van der Waals surface area (Å²) in [7, 11) is -1.16. The average Bonchev–Trinajstić information content (AvgIpc) is 2.60. The van der Waals surface area contributed by atoms with Crippen molar-refractivity contribution < 1.29 is 13.2 Å². The number of hydrogen-bond acceptors (Lipinski definition) is 5. The van der Waals surface area contributed by atoms with Gasteiger partial charge in [0.15, 0.2) is 0 Å². The smallest absolute Gasteiger partial charge is 0.251 e. The van der Waals surface area contributed by atoms with E-state index in [1.54, 1.807) is 31.2 Å². The Balaban J connectivity index is 1.72. The van der Waals surface area contributed by atoms with E-state index in [4.69, 9.17) is 0 Å². The van der Waals surface area contributed by atoms with Crippen molar-refractivity contribution >= 4 is 21.6 Å². The van der Waals surface area contributed by atoms with E-state index in [1.807, 2.05) is 0 Å². The fourth-order valence-corrected chi connectivity index (χ4v) is 3.26. The highest BCUT2D eigenvalue weighted by atomic mass is 32.2. The predicted octanol–water partition coefficient (Wildman–Crippen LogP) is 0.816. The van der Waals surface area contributed by atoms with E-state index >= 15 is 0 Å². The summed E-state index contributed by atoms with van der Waals surface area (Å²) < 4.78 is 25.5. The quantitative estimate of drug-likeness (QED) is 0.664. The van der Waals surface area contributed by atoms with Gasteiger partial charge in [0.1, 0.15) is 0 Å². The molecule has 1 amide bonds. The van der Waals surface area contributed by atoms with Crippen molar-refractivity contribution in [1.29, 1.82) is 0 Å². The standard InChI is InChI=1S/C17H28N4O3S/c1-3-25(23,24)19-16-7-5-15(6-8-16)17(22)18-9-4-10-21-13-11-20(2)12-14-21/h5-8,19H,3-4,9-14H2,1-2H3,(H,18,22). The van der Waals surface area contributed by atoms with Crippen LogP contribution in [0.4, 0.5) is 5.69 Å². The van der Waals surface area contributed by atoms with E-state index in [1.165, 1.54) is 0 Å². The lowest BCUT2D eigenvalue weighted by Gasteiger charge is -2.32. The molecular weight excluding hydrogens is 340 g/mol. The highest BCUT2D eigenvalue weighted by Gasteiger charge is 2.13. The van der Waals surface area contributed by atoms with Gasteiger partial charge < -0.3 is 15.1 Å². The number of amides is 1. The number of carbonyl (C=O) groups excluding carboxylic acids is 1. The molecule has 8 heteroatoms. The number of rotatable bonds is 8. The average molecular weight is 369 g/mol. The van der Waals surface area contributed by atoms with Gasteiger partial charge in [-0.25, -0.2) is 8.42 Å². The Labute approximate surface area is 150 Å². The van der Waals surface area contributed by atoms with Crippen LogP contribution in [0.1, 0.15) is 23.7 Å². The molecule has 7 nitrogen and oxygen atoms in total. The molecule has 0 unspecified atom stereocenters. The van der Waals surface area contributed by atoms with Crippen molar-refractivity contribution in [1.82, 2.24) is 15.1 Å². The summed E-state index contributed by atoms with van der Waals surface area (Å²) in [6, 6.07) is 6.46. The van der Waals surface area contributed by atoms with Crippen LogP contribution in [0.5, 0.6) is 0 Å². The van der Waals surface area contributed by atoms with E-state index in [2.05, 4.69) is 26.9 Å². The van der Waals surface area contributed by atoms with Crippen LogP contribution in [-0.2, 0) is 10.0 Å². The van der Waals surface area contributed by atoms with Crippen molar-refractivity contribution in [3.63, 3.8) is 0 Å². The molecule has 1 heterocycles. The summed E-state index contributed by atoms with van der Waals surface area (Å²) in [6.07, 6.45) is 0.920. The highest BCUT2D eigenvalue weighted by Crippen LogP contribution is 2.11. The number of benzene rings is 1. The van der Waals surface area contributed by atoms with E-state index in [-0.39, 0.29) is 11.7 Å². The molecule has 0 atom stereocenters. The zero-order valence-corrected chi connectivity index (χ0v) is 15.8. The topological polar surface area (TPSA) is 81.7 Å². The number of nitrogens with zero attached hydrogens (tertiary/aromatic N) is 2. The zero-order valence-electron chi connectivity index (χ0n) is 15.0. The molecule has 1 aliphatic heterocycles. The van der Waals surface area contributed by atoms with E-state index in [0.29, 0.717) is 17.8 Å². The Hall–Kier alpha value is -1.64. The second kappa shape index (κ2) is 9.17. The lowest BCUT2D eigenvalue weighted by atomic mass is 10.2. The summed E-state index contributed by atoms with van der Waals surface area (Å²) in [5, 5.41) is 2.91. The molecule has 1 fully saturated rings. The van der Waals surface area contributed by atoms with E-state index < -0.39 is 10.0 Å². The minimum absolute atomic E-state index is 0.0164. The molecule has 0 saturated carbocycles. The Bertz CT molecular complexity index is 653. The fraction of sp³-hybridized carbons (Fsp3) is 0.588. The summed E-state index contributed by atoms with van der Waals surface area (Å²) in [4.78, 5) is 16.9. The van der Waals surface area contributed by atoms with Crippen LogP contribution < -0.4 is 10.0 Å². The molecule has 0 aromatic heterocycles. The van der Waals surface area contributed by atoms with Gasteiger partial charge in [0.05, 0.1) is 5.75 Å². The predicted molar refractivity (Wildman–Crippen MR) is 100 cm³/mol. The van der Waals surface area contributed by atoms with Crippen LogP contribution >= 0.6 is 0 Å². The van der Waals surface area contributed by atoms with Crippen LogP contribution in [0, 0.1) is 0 Å². The monoisotopic (exact) mass is 368 g/mol. The molecule has 2 N–H and O–H groups in total. The highest BCUT2D eigenvalue weighted by molar-refractivity contribution is 7.92. The van der Waals surface area contributed by atoms with Gasteiger partial charge in [0.25, 0.3) is 5.91 Å². The Morgan fingerprint density at radius 3 is 2.36 bits per heavy atom. The molecule has 25 heavy (non-hydrogen) atoms. The molecule has 1 aromatic rings. The van der Waals surface area contributed by atoms with Crippen molar-refractivity contribution in [3.8, 4) is 0 Å². The number of anilines is 1. The van der Waals surface area contributed by atoms with Gasteiger partial charge in [-0.3, -0.25) is 9.52 Å². The molecule has 0 spiro atoms. The SMILES string of the molecule is CCS(=O)(=O)Nc1ccc(C(=O)NCCCN2CCN(C)CC2)cc1. The molecular formula is C17H28N4O3S. The summed E-state index contributed by atoms with van der Waals surface area (Å²) >= 11 is 0. The van der Waals surface area contributed by atoms with E-state index in [0.717, 1.165) is 39.1 Å². The molecule has 0 bridgehead atoms. The molecule has 0 aliphatic carbocycles. The second-order valence-corrected chi connectivity index (χ2v) is 8.35. The van der Waals surface area contributed by atoms with Crippen LogP contribution in [0.3, 0.4) is 0 Å².